The summed E-state index contributed by atoms with van der Waals surface area (Å²) in [6, 6.07) is 3.95. The maximum atomic E-state index is 12.3. The van der Waals surface area contributed by atoms with Crippen molar-refractivity contribution in [2.75, 3.05) is 13.7 Å². The van der Waals surface area contributed by atoms with Crippen LogP contribution in [0.5, 0.6) is 11.5 Å². The number of carbonyl (C=O) groups excluding carboxylic acids is 1. The van der Waals surface area contributed by atoms with Gasteiger partial charge in [-0.2, -0.15) is 0 Å². The second kappa shape index (κ2) is 6.31. The monoisotopic (exact) mass is 278 g/mol. The fourth-order valence-electron chi connectivity index (χ4n) is 1.44. The first-order chi connectivity index (χ1) is 8.87. The van der Waals surface area contributed by atoms with E-state index in [1.807, 2.05) is 0 Å². The lowest BCUT2D eigenvalue weighted by Crippen LogP contribution is -2.18. The molecule has 0 fully saturated rings. The summed E-state index contributed by atoms with van der Waals surface area (Å²) in [5.74, 6) is -1.16. The molecule has 0 aliphatic carbocycles. The van der Waals surface area contributed by atoms with Crippen LogP contribution >= 0.6 is 0 Å². The highest BCUT2D eigenvalue weighted by Gasteiger charge is 2.33. The highest BCUT2D eigenvalue weighted by atomic mass is 19.4. The molecule has 1 aromatic rings. The molecule has 0 radical (unpaired) electrons. The minimum Gasteiger partial charge on any atom is -0.490 e. The molecule has 19 heavy (non-hydrogen) atoms. The molecule has 0 aliphatic rings. The van der Waals surface area contributed by atoms with Crippen molar-refractivity contribution in [2.24, 2.45) is 0 Å². The third-order valence-corrected chi connectivity index (χ3v) is 2.14. The van der Waals surface area contributed by atoms with E-state index in [2.05, 4.69) is 9.47 Å². The summed E-state index contributed by atoms with van der Waals surface area (Å²) in [6.45, 7) is 1.76. The third-order valence-electron chi connectivity index (χ3n) is 2.14. The molecule has 0 saturated carbocycles. The topological polar surface area (TPSA) is 44.8 Å². The number of alkyl halides is 3. The van der Waals surface area contributed by atoms with Crippen LogP contribution in [0.1, 0.15) is 12.5 Å². The number of para-hydroxylation sites is 1. The number of ether oxygens (including phenoxy) is 3. The number of benzene rings is 1. The zero-order valence-corrected chi connectivity index (χ0v) is 10.4. The Morgan fingerprint density at radius 3 is 2.53 bits per heavy atom. The molecule has 1 rings (SSSR count). The normalized spacial score (nSPS) is 11.0. The van der Waals surface area contributed by atoms with Crippen LogP contribution in [0.3, 0.4) is 0 Å². The van der Waals surface area contributed by atoms with Gasteiger partial charge in [-0.3, -0.25) is 4.79 Å². The van der Waals surface area contributed by atoms with E-state index in [-0.39, 0.29) is 24.3 Å². The molecule has 0 heterocycles. The molecule has 0 unspecified atom stereocenters. The van der Waals surface area contributed by atoms with Gasteiger partial charge in [-0.05, 0) is 13.0 Å². The lowest BCUT2D eigenvalue weighted by atomic mass is 10.1. The Hall–Kier alpha value is -1.92. The van der Waals surface area contributed by atoms with Crippen LogP contribution in [-0.4, -0.2) is 26.0 Å². The molecule has 0 N–H and O–H groups in total. The summed E-state index contributed by atoms with van der Waals surface area (Å²) in [5.41, 5.74) is 0.274. The average Bonchev–Trinajstić information content (AvgIpc) is 2.31. The van der Waals surface area contributed by atoms with Crippen LogP contribution in [0.25, 0.3) is 0 Å². The molecular weight excluding hydrogens is 265 g/mol. The fourth-order valence-corrected chi connectivity index (χ4v) is 1.44. The summed E-state index contributed by atoms with van der Waals surface area (Å²) in [7, 11) is 1.19. The molecule has 0 amide bonds. The summed E-state index contributed by atoms with van der Waals surface area (Å²) in [5, 5.41) is 0. The van der Waals surface area contributed by atoms with E-state index in [9.17, 15) is 18.0 Å². The first-order valence-electron chi connectivity index (χ1n) is 5.44. The van der Waals surface area contributed by atoms with E-state index in [0.717, 1.165) is 6.07 Å². The third kappa shape index (κ3) is 4.69. The molecular formula is C12H13F3O4. The van der Waals surface area contributed by atoms with E-state index in [4.69, 9.17) is 4.74 Å². The van der Waals surface area contributed by atoms with Crippen molar-refractivity contribution >= 4 is 5.97 Å². The molecule has 7 heteroatoms. The van der Waals surface area contributed by atoms with Gasteiger partial charge in [0.1, 0.15) is 0 Å². The molecule has 0 saturated heterocycles. The van der Waals surface area contributed by atoms with Crippen molar-refractivity contribution in [1.29, 1.82) is 0 Å². The van der Waals surface area contributed by atoms with Gasteiger partial charge in [-0.15, -0.1) is 13.2 Å². The second-order valence-corrected chi connectivity index (χ2v) is 3.48. The van der Waals surface area contributed by atoms with Gasteiger partial charge in [0.15, 0.2) is 11.5 Å². The summed E-state index contributed by atoms with van der Waals surface area (Å²) in [6.07, 6.45) is -5.02. The van der Waals surface area contributed by atoms with Gasteiger partial charge in [-0.25, -0.2) is 0 Å². The number of halogens is 3. The van der Waals surface area contributed by atoms with Crippen LogP contribution in [0.15, 0.2) is 18.2 Å². The quantitative estimate of drug-likeness (QED) is 0.777. The Morgan fingerprint density at radius 2 is 2.00 bits per heavy atom. The number of methoxy groups -OCH3 is 1. The molecule has 0 atom stereocenters. The maximum Gasteiger partial charge on any atom is 0.573 e. The Morgan fingerprint density at radius 1 is 1.32 bits per heavy atom. The van der Waals surface area contributed by atoms with Crippen molar-refractivity contribution in [3.05, 3.63) is 23.8 Å². The number of carbonyl (C=O) groups is 1. The second-order valence-electron chi connectivity index (χ2n) is 3.48. The fraction of sp³-hybridized carbons (Fsp3) is 0.417. The van der Waals surface area contributed by atoms with Gasteiger partial charge in [0.2, 0.25) is 0 Å². The van der Waals surface area contributed by atoms with Crippen molar-refractivity contribution < 1.29 is 32.2 Å². The van der Waals surface area contributed by atoms with Gasteiger partial charge in [0.05, 0.1) is 20.1 Å². The summed E-state index contributed by atoms with van der Waals surface area (Å²) in [4.78, 5) is 11.2. The SMILES string of the molecule is CCOc1c(CC(=O)OC)cccc1OC(F)(F)F. The first kappa shape index (κ1) is 15.1. The van der Waals surface area contributed by atoms with Crippen molar-refractivity contribution in [2.45, 2.75) is 19.7 Å². The largest absolute Gasteiger partial charge is 0.573 e. The van der Waals surface area contributed by atoms with Crippen molar-refractivity contribution in [3.8, 4) is 11.5 Å². The summed E-state index contributed by atoms with van der Waals surface area (Å²) < 4.78 is 50.2. The van der Waals surface area contributed by atoms with Gasteiger partial charge < -0.3 is 14.2 Å². The number of hydrogen-bond donors (Lipinski definition) is 0. The predicted octanol–water partition coefficient (Wildman–Crippen LogP) is 2.70. The number of rotatable bonds is 5. The van der Waals surface area contributed by atoms with E-state index < -0.39 is 18.1 Å². The Kier molecular flexibility index (Phi) is 5.02. The Bertz CT molecular complexity index is 443. The lowest BCUT2D eigenvalue weighted by Gasteiger charge is -2.16. The molecule has 0 bridgehead atoms. The first-order valence-corrected chi connectivity index (χ1v) is 5.44. The van der Waals surface area contributed by atoms with Crippen LogP contribution < -0.4 is 9.47 Å². The Balaban J connectivity index is 3.09. The van der Waals surface area contributed by atoms with E-state index >= 15 is 0 Å². The smallest absolute Gasteiger partial charge is 0.490 e. The minimum absolute atomic E-state index is 0.104. The van der Waals surface area contributed by atoms with Gasteiger partial charge in [-0.1, -0.05) is 12.1 Å². The van der Waals surface area contributed by atoms with E-state index in [0.29, 0.717) is 0 Å². The molecule has 0 spiro atoms. The predicted molar refractivity (Wildman–Crippen MR) is 60.0 cm³/mol. The lowest BCUT2D eigenvalue weighted by molar-refractivity contribution is -0.275. The van der Waals surface area contributed by atoms with E-state index in [1.165, 1.54) is 19.2 Å². The summed E-state index contributed by atoms with van der Waals surface area (Å²) >= 11 is 0. The molecule has 4 nitrogen and oxygen atoms in total. The number of esters is 1. The zero-order valence-electron chi connectivity index (χ0n) is 10.4. The van der Waals surface area contributed by atoms with E-state index in [1.54, 1.807) is 6.92 Å². The number of hydrogen-bond acceptors (Lipinski definition) is 4. The van der Waals surface area contributed by atoms with Crippen LogP contribution in [0.2, 0.25) is 0 Å². The van der Waals surface area contributed by atoms with Gasteiger partial charge >= 0.3 is 12.3 Å². The standard InChI is InChI=1S/C12H13F3O4/c1-3-18-11-8(7-10(16)17-2)5-4-6-9(11)19-12(13,14)15/h4-6H,3,7H2,1-2H3. The average molecular weight is 278 g/mol. The van der Waals surface area contributed by atoms with Crippen molar-refractivity contribution in [3.63, 3.8) is 0 Å². The minimum atomic E-state index is -4.82. The Labute approximate surface area is 108 Å². The molecule has 1 aromatic carbocycles. The van der Waals surface area contributed by atoms with Gasteiger partial charge in [0.25, 0.3) is 0 Å². The van der Waals surface area contributed by atoms with Crippen LogP contribution in [0.4, 0.5) is 13.2 Å². The molecule has 0 aromatic heterocycles. The maximum absolute atomic E-state index is 12.3. The van der Waals surface area contributed by atoms with Crippen LogP contribution in [0, 0.1) is 0 Å². The molecule has 0 aliphatic heterocycles. The van der Waals surface area contributed by atoms with Crippen LogP contribution in [-0.2, 0) is 16.0 Å². The van der Waals surface area contributed by atoms with Crippen molar-refractivity contribution in [1.82, 2.24) is 0 Å². The van der Waals surface area contributed by atoms with Gasteiger partial charge in [0, 0.05) is 5.56 Å². The molecule has 106 valence electrons. The zero-order chi connectivity index (χ0) is 14.5. The highest BCUT2D eigenvalue weighted by molar-refractivity contribution is 5.74. The highest BCUT2D eigenvalue weighted by Crippen LogP contribution is 2.35.